The van der Waals surface area contributed by atoms with Gasteiger partial charge in [0.15, 0.2) is 0 Å². The van der Waals surface area contributed by atoms with Gasteiger partial charge in [-0.05, 0) is 19.8 Å². The lowest BCUT2D eigenvalue weighted by Gasteiger charge is -2.27. The van der Waals surface area contributed by atoms with Crippen LogP contribution in [0.5, 0.6) is 0 Å². The molecule has 0 spiro atoms. The zero-order chi connectivity index (χ0) is 14.0. The molecule has 0 aliphatic heterocycles. The molecule has 1 aliphatic rings. The lowest BCUT2D eigenvalue weighted by atomic mass is 9.85. The second-order valence-corrected chi connectivity index (χ2v) is 4.61. The van der Waals surface area contributed by atoms with Crippen molar-refractivity contribution in [2.24, 2.45) is 5.41 Å². The lowest BCUT2D eigenvalue weighted by Crippen LogP contribution is -2.51. The maximum absolute atomic E-state index is 11.9. The number of urea groups is 1. The van der Waals surface area contributed by atoms with E-state index in [0.717, 1.165) is 0 Å². The maximum atomic E-state index is 11.9. The molecule has 2 amide bonds. The molecular formula is C10H15F3N2O3. The molecule has 18 heavy (non-hydrogen) atoms. The van der Waals surface area contributed by atoms with Gasteiger partial charge in [0.05, 0.1) is 5.41 Å². The number of amides is 2. The maximum Gasteiger partial charge on any atom is 0.405 e. The van der Waals surface area contributed by atoms with Crippen LogP contribution in [0, 0.1) is 5.41 Å². The van der Waals surface area contributed by atoms with Crippen LogP contribution in [-0.2, 0) is 4.79 Å². The van der Waals surface area contributed by atoms with Crippen molar-refractivity contribution in [2.45, 2.75) is 38.4 Å². The highest BCUT2D eigenvalue weighted by Gasteiger charge is 2.46. The molecule has 8 heteroatoms. The van der Waals surface area contributed by atoms with Crippen molar-refractivity contribution in [1.29, 1.82) is 0 Å². The monoisotopic (exact) mass is 268 g/mol. The van der Waals surface area contributed by atoms with Crippen LogP contribution >= 0.6 is 0 Å². The minimum atomic E-state index is -4.48. The van der Waals surface area contributed by atoms with Crippen LogP contribution in [0.4, 0.5) is 18.0 Å². The first-order chi connectivity index (χ1) is 8.15. The normalized spacial score (nSPS) is 27.9. The molecule has 1 rings (SSSR count). The Balaban J connectivity index is 2.52. The summed E-state index contributed by atoms with van der Waals surface area (Å²) in [4.78, 5) is 22.3. The molecule has 0 bridgehead atoms. The Labute approximate surface area is 102 Å². The topological polar surface area (TPSA) is 78.4 Å². The smallest absolute Gasteiger partial charge is 0.405 e. The predicted octanol–water partition coefficient (Wildman–Crippen LogP) is 1.49. The molecule has 104 valence electrons. The summed E-state index contributed by atoms with van der Waals surface area (Å²) in [6.07, 6.45) is -3.02. The Bertz CT molecular complexity index is 346. The SMILES string of the molecule is CC1(C(=O)O)CCCC1NC(=O)NCC(F)(F)F. The molecule has 0 heterocycles. The molecule has 3 N–H and O–H groups in total. The highest BCUT2D eigenvalue weighted by Crippen LogP contribution is 2.38. The van der Waals surface area contributed by atoms with Gasteiger partial charge in [-0.3, -0.25) is 4.79 Å². The summed E-state index contributed by atoms with van der Waals surface area (Å²) in [6.45, 7) is 0.0480. The van der Waals surface area contributed by atoms with E-state index in [9.17, 15) is 22.8 Å². The highest BCUT2D eigenvalue weighted by molar-refractivity contribution is 5.79. The number of nitrogens with one attached hydrogen (secondary N) is 2. The molecular weight excluding hydrogens is 253 g/mol. The van der Waals surface area contributed by atoms with Crippen LogP contribution in [0.2, 0.25) is 0 Å². The molecule has 0 saturated heterocycles. The molecule has 2 unspecified atom stereocenters. The van der Waals surface area contributed by atoms with Crippen LogP contribution in [0.25, 0.3) is 0 Å². The largest absolute Gasteiger partial charge is 0.481 e. The van der Waals surface area contributed by atoms with Gasteiger partial charge in [-0.1, -0.05) is 6.42 Å². The van der Waals surface area contributed by atoms with Crippen molar-refractivity contribution < 1.29 is 27.9 Å². The van der Waals surface area contributed by atoms with Crippen LogP contribution < -0.4 is 10.6 Å². The predicted molar refractivity (Wildman–Crippen MR) is 56.0 cm³/mol. The molecule has 0 aromatic carbocycles. The average Bonchev–Trinajstić information content (AvgIpc) is 2.58. The van der Waals surface area contributed by atoms with Gasteiger partial charge in [0.25, 0.3) is 0 Å². The molecule has 2 atom stereocenters. The first-order valence-electron chi connectivity index (χ1n) is 5.50. The van der Waals surface area contributed by atoms with Crippen LogP contribution in [-0.4, -0.2) is 35.9 Å². The van der Waals surface area contributed by atoms with Gasteiger partial charge >= 0.3 is 18.2 Å². The molecule has 1 aliphatic carbocycles. The Morgan fingerprint density at radius 3 is 2.56 bits per heavy atom. The van der Waals surface area contributed by atoms with Crippen molar-refractivity contribution in [3.63, 3.8) is 0 Å². The summed E-state index contributed by atoms with van der Waals surface area (Å²) in [5, 5.41) is 13.0. The number of rotatable bonds is 3. The standard InChI is InChI=1S/C10H15F3N2O3/c1-9(7(16)17)4-2-3-6(9)15-8(18)14-5-10(11,12)13/h6H,2-5H2,1H3,(H,16,17)(H2,14,15,18). The van der Waals surface area contributed by atoms with E-state index in [1.807, 2.05) is 0 Å². The Morgan fingerprint density at radius 2 is 2.06 bits per heavy atom. The van der Waals surface area contributed by atoms with Crippen molar-refractivity contribution >= 4 is 12.0 Å². The second kappa shape index (κ2) is 5.03. The molecule has 5 nitrogen and oxygen atoms in total. The summed E-state index contributed by atoms with van der Waals surface area (Å²) in [5.74, 6) is -1.05. The highest BCUT2D eigenvalue weighted by atomic mass is 19.4. The van der Waals surface area contributed by atoms with Crippen LogP contribution in [0.15, 0.2) is 0 Å². The van der Waals surface area contributed by atoms with Crippen molar-refractivity contribution in [1.82, 2.24) is 10.6 Å². The van der Waals surface area contributed by atoms with E-state index in [1.54, 1.807) is 5.32 Å². The number of hydrogen-bond donors (Lipinski definition) is 3. The molecule has 0 aromatic rings. The Kier molecular flexibility index (Phi) is 4.08. The van der Waals surface area contributed by atoms with Gasteiger partial charge in [-0.25, -0.2) is 4.79 Å². The number of halogens is 3. The van der Waals surface area contributed by atoms with E-state index in [-0.39, 0.29) is 0 Å². The summed E-state index contributed by atoms with van der Waals surface area (Å²) < 4.78 is 35.6. The van der Waals surface area contributed by atoms with Gasteiger partial charge in [-0.15, -0.1) is 0 Å². The fraction of sp³-hybridized carbons (Fsp3) is 0.800. The van der Waals surface area contributed by atoms with E-state index < -0.39 is 36.2 Å². The van der Waals surface area contributed by atoms with Crippen molar-refractivity contribution in [3.8, 4) is 0 Å². The molecule has 1 saturated carbocycles. The number of carboxylic acid groups (broad SMARTS) is 1. The Hall–Kier alpha value is -1.47. The van der Waals surface area contributed by atoms with Crippen molar-refractivity contribution in [2.75, 3.05) is 6.54 Å². The van der Waals surface area contributed by atoms with E-state index in [0.29, 0.717) is 19.3 Å². The second-order valence-electron chi connectivity index (χ2n) is 4.61. The van der Waals surface area contributed by atoms with Gasteiger partial charge in [0, 0.05) is 6.04 Å². The number of carbonyl (C=O) groups excluding carboxylic acids is 1. The Morgan fingerprint density at radius 1 is 1.44 bits per heavy atom. The van der Waals surface area contributed by atoms with Crippen LogP contribution in [0.3, 0.4) is 0 Å². The minimum absolute atomic E-state index is 0.395. The third-order valence-corrected chi connectivity index (χ3v) is 3.20. The zero-order valence-electron chi connectivity index (χ0n) is 9.80. The number of carbonyl (C=O) groups is 2. The van der Waals surface area contributed by atoms with Gasteiger partial charge in [0.2, 0.25) is 0 Å². The van der Waals surface area contributed by atoms with E-state index in [1.165, 1.54) is 6.92 Å². The number of aliphatic carboxylic acids is 1. The first-order valence-corrected chi connectivity index (χ1v) is 5.50. The molecule has 0 radical (unpaired) electrons. The van der Waals surface area contributed by atoms with Crippen molar-refractivity contribution in [3.05, 3.63) is 0 Å². The van der Waals surface area contributed by atoms with Crippen LogP contribution in [0.1, 0.15) is 26.2 Å². The van der Waals surface area contributed by atoms with Gasteiger partial charge < -0.3 is 15.7 Å². The average molecular weight is 268 g/mol. The summed E-state index contributed by atoms with van der Waals surface area (Å²) in [6, 6.07) is -1.64. The summed E-state index contributed by atoms with van der Waals surface area (Å²) in [7, 11) is 0. The van der Waals surface area contributed by atoms with Gasteiger partial charge in [0.1, 0.15) is 6.54 Å². The minimum Gasteiger partial charge on any atom is -0.481 e. The van der Waals surface area contributed by atoms with Gasteiger partial charge in [-0.2, -0.15) is 13.2 Å². The molecule has 1 fully saturated rings. The summed E-state index contributed by atoms with van der Waals surface area (Å²) >= 11 is 0. The summed E-state index contributed by atoms with van der Waals surface area (Å²) in [5.41, 5.74) is -1.12. The number of carboxylic acids is 1. The number of alkyl halides is 3. The third kappa shape index (κ3) is 3.51. The third-order valence-electron chi connectivity index (χ3n) is 3.20. The zero-order valence-corrected chi connectivity index (χ0v) is 9.80. The van der Waals surface area contributed by atoms with E-state index in [4.69, 9.17) is 5.11 Å². The van der Waals surface area contributed by atoms with E-state index >= 15 is 0 Å². The quantitative estimate of drug-likeness (QED) is 0.725. The first kappa shape index (κ1) is 14.6. The molecule has 0 aromatic heterocycles. The fourth-order valence-corrected chi connectivity index (χ4v) is 2.04. The lowest BCUT2D eigenvalue weighted by molar-refractivity contribution is -0.148. The van der Waals surface area contributed by atoms with E-state index in [2.05, 4.69) is 5.32 Å². The number of hydrogen-bond acceptors (Lipinski definition) is 2. The fourth-order valence-electron chi connectivity index (χ4n) is 2.04.